The molecule has 3 saturated heterocycles. The Labute approximate surface area is 188 Å². The molecule has 33 heavy (non-hydrogen) atoms. The minimum Gasteiger partial charge on any atom is -0.383 e. The second-order valence-electron chi connectivity index (χ2n) is 9.64. The second-order valence-corrected chi connectivity index (χ2v) is 9.64. The molecule has 0 aromatic carbocycles. The number of rotatable bonds is 4. The first-order valence-corrected chi connectivity index (χ1v) is 11.4. The molecule has 4 N–H and O–H groups in total. The van der Waals surface area contributed by atoms with Crippen LogP contribution < -0.4 is 11.2 Å². The zero-order valence-electron chi connectivity index (χ0n) is 18.1. The molecule has 4 atom stereocenters. The molecule has 1 aliphatic carbocycles. The predicted octanol–water partition coefficient (Wildman–Crippen LogP) is 2.05. The lowest BCUT2D eigenvalue weighted by Gasteiger charge is -2.44. The van der Waals surface area contributed by atoms with Crippen LogP contribution in [0, 0.1) is 5.92 Å². The van der Waals surface area contributed by atoms with Crippen molar-refractivity contribution in [3.05, 3.63) is 35.3 Å². The van der Waals surface area contributed by atoms with E-state index in [0.717, 1.165) is 31.3 Å². The van der Waals surface area contributed by atoms with E-state index in [9.17, 15) is 13.2 Å². The van der Waals surface area contributed by atoms with Crippen LogP contribution in [-0.2, 0) is 10.9 Å². The van der Waals surface area contributed by atoms with Gasteiger partial charge in [-0.25, -0.2) is 15.4 Å². The Morgan fingerprint density at radius 1 is 1.24 bits per heavy atom. The van der Waals surface area contributed by atoms with Crippen molar-refractivity contribution >= 4 is 5.82 Å². The standard InChI is InChI=1S/C21H27F3N8O/c22-21(23,24)14-7-13(9-26-19(14)25)15-8-17-20(33-6-5-32(17)29-15)3-4-31(11-20)18(12-1-2-12)16-10-27-30-28-16/h7,9-10,12,15,17-18,29H,1-6,8,11H2,(H2,25,26)(H,27,28,30)/t15?,17?,18?,20-/m1/s1. The Hall–Kier alpha value is -2.28. The second kappa shape index (κ2) is 7.62. The van der Waals surface area contributed by atoms with E-state index < -0.39 is 17.6 Å². The third-order valence-electron chi connectivity index (χ3n) is 7.62. The lowest BCUT2D eigenvalue weighted by Crippen LogP contribution is -2.60. The number of hydrogen-bond donors (Lipinski definition) is 3. The van der Waals surface area contributed by atoms with Crippen LogP contribution in [-0.4, -0.2) is 68.2 Å². The van der Waals surface area contributed by atoms with Gasteiger partial charge in [0.1, 0.15) is 5.82 Å². The number of alkyl halides is 3. The highest BCUT2D eigenvalue weighted by molar-refractivity contribution is 5.43. The van der Waals surface area contributed by atoms with E-state index in [-0.39, 0.29) is 23.7 Å². The summed E-state index contributed by atoms with van der Waals surface area (Å²) in [5, 5.41) is 13.3. The summed E-state index contributed by atoms with van der Waals surface area (Å²) in [5.74, 6) is 0.0909. The van der Waals surface area contributed by atoms with Gasteiger partial charge in [-0.2, -0.15) is 28.6 Å². The van der Waals surface area contributed by atoms with Crippen molar-refractivity contribution in [3.63, 3.8) is 0 Å². The molecule has 2 aromatic heterocycles. The quantitative estimate of drug-likeness (QED) is 0.631. The fraction of sp³-hybridized carbons (Fsp3) is 0.667. The Morgan fingerprint density at radius 3 is 2.82 bits per heavy atom. The van der Waals surface area contributed by atoms with E-state index in [4.69, 9.17) is 10.5 Å². The highest BCUT2D eigenvalue weighted by Crippen LogP contribution is 2.49. The molecule has 1 saturated carbocycles. The summed E-state index contributed by atoms with van der Waals surface area (Å²) in [6.45, 7) is 2.93. The largest absolute Gasteiger partial charge is 0.419 e. The van der Waals surface area contributed by atoms with Crippen molar-refractivity contribution in [1.82, 2.24) is 35.7 Å². The minimum atomic E-state index is -4.53. The molecule has 0 radical (unpaired) electrons. The average molecular weight is 464 g/mol. The van der Waals surface area contributed by atoms with Crippen molar-refractivity contribution < 1.29 is 17.9 Å². The van der Waals surface area contributed by atoms with Crippen LogP contribution in [0.1, 0.15) is 54.6 Å². The van der Waals surface area contributed by atoms with Crippen LogP contribution in [0.15, 0.2) is 18.5 Å². The van der Waals surface area contributed by atoms with E-state index in [1.54, 1.807) is 0 Å². The summed E-state index contributed by atoms with van der Waals surface area (Å²) in [6.07, 6.45) is 2.62. The van der Waals surface area contributed by atoms with E-state index in [1.807, 2.05) is 6.20 Å². The lowest BCUT2D eigenvalue weighted by molar-refractivity contribution is -0.140. The van der Waals surface area contributed by atoms with E-state index >= 15 is 0 Å². The fourth-order valence-electron chi connectivity index (χ4n) is 5.93. The number of pyridine rings is 1. The first-order chi connectivity index (χ1) is 15.8. The van der Waals surface area contributed by atoms with Gasteiger partial charge in [-0.1, -0.05) is 0 Å². The zero-order chi connectivity index (χ0) is 22.8. The van der Waals surface area contributed by atoms with Crippen molar-refractivity contribution in [3.8, 4) is 0 Å². The first-order valence-electron chi connectivity index (χ1n) is 11.4. The zero-order valence-corrected chi connectivity index (χ0v) is 18.1. The number of anilines is 1. The fourth-order valence-corrected chi connectivity index (χ4v) is 5.93. The monoisotopic (exact) mass is 464 g/mol. The van der Waals surface area contributed by atoms with Gasteiger partial charge in [0.25, 0.3) is 0 Å². The van der Waals surface area contributed by atoms with Crippen LogP contribution in [0.3, 0.4) is 0 Å². The Balaban J connectivity index is 1.23. The molecule has 12 heteroatoms. The SMILES string of the molecule is Nc1ncc(C2CC3N(CCO[C@@]34CCN(C(c3cn[nH]n3)C3CC3)C4)N2)cc1C(F)(F)F. The summed E-state index contributed by atoms with van der Waals surface area (Å²) < 4.78 is 46.5. The normalized spacial score (nSPS) is 31.8. The summed E-state index contributed by atoms with van der Waals surface area (Å²) in [4.78, 5) is 6.29. The van der Waals surface area contributed by atoms with Gasteiger partial charge in [0, 0.05) is 31.9 Å². The number of nitrogens with zero attached hydrogens (tertiary/aromatic N) is 5. The van der Waals surface area contributed by atoms with Gasteiger partial charge in [-0.3, -0.25) is 4.90 Å². The van der Waals surface area contributed by atoms with E-state index in [1.165, 1.54) is 19.0 Å². The molecule has 6 rings (SSSR count). The van der Waals surface area contributed by atoms with Gasteiger partial charge < -0.3 is 10.5 Å². The number of hydrogen-bond acceptors (Lipinski definition) is 8. The number of nitrogen functional groups attached to an aromatic ring is 1. The van der Waals surface area contributed by atoms with Crippen LogP contribution in [0.25, 0.3) is 0 Å². The maximum atomic E-state index is 13.4. The molecule has 178 valence electrons. The van der Waals surface area contributed by atoms with Gasteiger partial charge >= 0.3 is 6.18 Å². The summed E-state index contributed by atoms with van der Waals surface area (Å²) in [7, 11) is 0. The van der Waals surface area contributed by atoms with Gasteiger partial charge in [0.05, 0.1) is 41.7 Å². The molecular formula is C21H27F3N8O. The number of H-pyrrole nitrogens is 1. The number of halogens is 3. The van der Waals surface area contributed by atoms with Crippen LogP contribution in [0.2, 0.25) is 0 Å². The van der Waals surface area contributed by atoms with Crippen molar-refractivity contribution in [2.75, 3.05) is 32.0 Å². The molecule has 5 heterocycles. The summed E-state index contributed by atoms with van der Waals surface area (Å²) in [5.41, 5.74) is 9.13. The topological polar surface area (TPSA) is 108 Å². The molecule has 3 unspecified atom stereocenters. The Bertz CT molecular complexity index is 1010. The molecule has 3 aliphatic heterocycles. The number of aromatic nitrogens is 4. The van der Waals surface area contributed by atoms with Gasteiger partial charge in [-0.05, 0) is 43.2 Å². The maximum Gasteiger partial charge on any atom is 0.419 e. The number of fused-ring (bicyclic) bond motifs is 2. The third-order valence-corrected chi connectivity index (χ3v) is 7.62. The van der Waals surface area contributed by atoms with Crippen molar-refractivity contribution in [2.24, 2.45) is 5.92 Å². The van der Waals surface area contributed by atoms with Gasteiger partial charge in [0.2, 0.25) is 0 Å². The average Bonchev–Trinajstić information content (AvgIpc) is 3.16. The molecule has 4 fully saturated rings. The number of hydrazine groups is 1. The molecule has 4 aliphatic rings. The number of morpholine rings is 1. The number of ether oxygens (including phenoxy) is 1. The predicted molar refractivity (Wildman–Crippen MR) is 111 cm³/mol. The molecule has 0 amide bonds. The molecule has 9 nitrogen and oxygen atoms in total. The smallest absolute Gasteiger partial charge is 0.383 e. The van der Waals surface area contributed by atoms with Crippen LogP contribution >= 0.6 is 0 Å². The summed E-state index contributed by atoms with van der Waals surface area (Å²) in [6, 6.07) is 1.14. The number of aromatic amines is 1. The van der Waals surface area contributed by atoms with Gasteiger partial charge in [0.15, 0.2) is 0 Å². The molecule has 1 spiro atoms. The maximum absolute atomic E-state index is 13.4. The Kier molecular flexibility index (Phi) is 4.91. The highest BCUT2D eigenvalue weighted by Gasteiger charge is 2.56. The van der Waals surface area contributed by atoms with Crippen molar-refractivity contribution in [1.29, 1.82) is 0 Å². The molecular weight excluding hydrogens is 437 g/mol. The minimum absolute atomic E-state index is 0.0605. The molecule has 2 aromatic rings. The van der Waals surface area contributed by atoms with Crippen molar-refractivity contribution in [2.45, 2.75) is 55.6 Å². The summed E-state index contributed by atoms with van der Waals surface area (Å²) >= 11 is 0. The first kappa shape index (κ1) is 21.3. The number of nitrogens with two attached hydrogens (primary N) is 1. The van der Waals surface area contributed by atoms with Crippen LogP contribution in [0.4, 0.5) is 19.0 Å². The highest BCUT2D eigenvalue weighted by atomic mass is 19.4. The van der Waals surface area contributed by atoms with E-state index in [2.05, 4.69) is 35.7 Å². The number of likely N-dealkylation sites (tertiary alicyclic amines) is 1. The lowest BCUT2D eigenvalue weighted by atomic mass is 9.86. The van der Waals surface area contributed by atoms with Crippen LogP contribution in [0.5, 0.6) is 0 Å². The molecule has 0 bridgehead atoms. The Morgan fingerprint density at radius 2 is 2.09 bits per heavy atom. The third kappa shape index (κ3) is 3.69. The number of nitrogens with one attached hydrogen (secondary N) is 2. The van der Waals surface area contributed by atoms with Gasteiger partial charge in [-0.15, -0.1) is 0 Å². The van der Waals surface area contributed by atoms with E-state index in [0.29, 0.717) is 31.1 Å².